The van der Waals surface area contributed by atoms with Gasteiger partial charge in [0.25, 0.3) is 0 Å². The van der Waals surface area contributed by atoms with E-state index in [-0.39, 0.29) is 5.54 Å². The molecular formula is C16H32N2O. The van der Waals surface area contributed by atoms with Crippen LogP contribution in [0, 0.1) is 11.8 Å². The molecule has 0 aromatic carbocycles. The zero-order valence-corrected chi connectivity index (χ0v) is 12.8. The Labute approximate surface area is 118 Å². The molecule has 3 N–H and O–H groups in total. The first-order chi connectivity index (χ1) is 9.13. The molecule has 3 heteroatoms. The van der Waals surface area contributed by atoms with Gasteiger partial charge in [-0.25, -0.2) is 0 Å². The van der Waals surface area contributed by atoms with Gasteiger partial charge in [-0.3, -0.25) is 0 Å². The molecule has 1 saturated heterocycles. The highest BCUT2D eigenvalue weighted by Gasteiger charge is 2.35. The van der Waals surface area contributed by atoms with E-state index in [1.54, 1.807) is 0 Å². The third kappa shape index (κ3) is 4.44. The van der Waals surface area contributed by atoms with Crippen molar-refractivity contribution in [3.8, 4) is 0 Å². The second kappa shape index (κ2) is 7.05. The molecule has 1 heterocycles. The summed E-state index contributed by atoms with van der Waals surface area (Å²) in [6.07, 6.45) is 9.42. The van der Waals surface area contributed by atoms with Gasteiger partial charge in [-0.15, -0.1) is 0 Å². The lowest BCUT2D eigenvalue weighted by atomic mass is 9.73. The van der Waals surface area contributed by atoms with Gasteiger partial charge < -0.3 is 15.8 Å². The lowest BCUT2D eigenvalue weighted by Crippen LogP contribution is -2.55. The molecule has 112 valence electrons. The summed E-state index contributed by atoms with van der Waals surface area (Å²) in [6, 6.07) is 0. The maximum Gasteiger partial charge on any atom is 0.0700 e. The van der Waals surface area contributed by atoms with Crippen LogP contribution in [0.2, 0.25) is 0 Å². The summed E-state index contributed by atoms with van der Waals surface area (Å²) >= 11 is 0. The molecule has 0 aromatic rings. The minimum absolute atomic E-state index is 0.184. The molecule has 0 spiro atoms. The number of hydrogen-bond acceptors (Lipinski definition) is 3. The quantitative estimate of drug-likeness (QED) is 0.778. The van der Waals surface area contributed by atoms with Gasteiger partial charge in [0.05, 0.1) is 6.10 Å². The molecule has 3 atom stereocenters. The Morgan fingerprint density at radius 1 is 1.32 bits per heavy atom. The maximum atomic E-state index is 6.11. The van der Waals surface area contributed by atoms with Crippen molar-refractivity contribution in [1.29, 1.82) is 0 Å². The predicted octanol–water partition coefficient (Wildman–Crippen LogP) is 2.69. The second-order valence-corrected chi connectivity index (χ2v) is 7.09. The van der Waals surface area contributed by atoms with Crippen LogP contribution in [0.3, 0.4) is 0 Å². The van der Waals surface area contributed by atoms with Crippen molar-refractivity contribution in [2.24, 2.45) is 17.6 Å². The molecule has 0 aromatic heterocycles. The first kappa shape index (κ1) is 15.3. The number of ether oxygens (including phenoxy) is 1. The van der Waals surface area contributed by atoms with Crippen LogP contribution in [0.25, 0.3) is 0 Å². The van der Waals surface area contributed by atoms with E-state index in [0.717, 1.165) is 31.5 Å². The number of rotatable bonds is 6. The van der Waals surface area contributed by atoms with E-state index < -0.39 is 0 Å². The van der Waals surface area contributed by atoms with Gasteiger partial charge in [0.2, 0.25) is 0 Å². The van der Waals surface area contributed by atoms with Gasteiger partial charge in [0, 0.05) is 25.2 Å². The summed E-state index contributed by atoms with van der Waals surface area (Å²) in [5.74, 6) is 1.66. The molecule has 19 heavy (non-hydrogen) atoms. The van der Waals surface area contributed by atoms with Crippen LogP contribution in [-0.4, -0.2) is 31.3 Å². The van der Waals surface area contributed by atoms with E-state index in [9.17, 15) is 0 Å². The van der Waals surface area contributed by atoms with Crippen molar-refractivity contribution in [3.05, 3.63) is 0 Å². The monoisotopic (exact) mass is 268 g/mol. The topological polar surface area (TPSA) is 47.3 Å². The van der Waals surface area contributed by atoms with Crippen molar-refractivity contribution in [2.45, 2.75) is 70.4 Å². The van der Waals surface area contributed by atoms with Crippen molar-refractivity contribution >= 4 is 0 Å². The second-order valence-electron chi connectivity index (χ2n) is 7.09. The summed E-state index contributed by atoms with van der Waals surface area (Å²) < 4.78 is 5.72. The summed E-state index contributed by atoms with van der Waals surface area (Å²) in [5.41, 5.74) is 6.30. The minimum Gasteiger partial charge on any atom is -0.377 e. The number of hydrogen-bond donors (Lipinski definition) is 2. The Hall–Kier alpha value is -0.120. The molecule has 0 radical (unpaired) electrons. The highest BCUT2D eigenvalue weighted by atomic mass is 16.5. The van der Waals surface area contributed by atoms with Gasteiger partial charge in [-0.2, -0.15) is 0 Å². The minimum atomic E-state index is 0.184. The van der Waals surface area contributed by atoms with E-state index in [2.05, 4.69) is 19.2 Å². The highest BCUT2D eigenvalue weighted by molar-refractivity contribution is 4.95. The Morgan fingerprint density at radius 3 is 2.79 bits per heavy atom. The molecule has 2 aliphatic rings. The maximum absolute atomic E-state index is 6.11. The molecular weight excluding hydrogens is 236 g/mol. The first-order valence-corrected chi connectivity index (χ1v) is 8.20. The van der Waals surface area contributed by atoms with Crippen LogP contribution in [0.4, 0.5) is 0 Å². The van der Waals surface area contributed by atoms with Gasteiger partial charge in [0.15, 0.2) is 0 Å². The Bertz CT molecular complexity index is 263. The molecule has 0 amide bonds. The fourth-order valence-corrected chi connectivity index (χ4v) is 3.91. The molecule has 2 fully saturated rings. The molecule has 1 saturated carbocycles. The van der Waals surface area contributed by atoms with Crippen LogP contribution in [0.15, 0.2) is 0 Å². The fourth-order valence-electron chi connectivity index (χ4n) is 3.91. The SMILES string of the molecule is CC(C)CC1CCCC(CN)(NCC2CCCO2)C1. The molecule has 0 bridgehead atoms. The van der Waals surface area contributed by atoms with Crippen molar-refractivity contribution in [3.63, 3.8) is 0 Å². The number of nitrogens with one attached hydrogen (secondary N) is 1. The van der Waals surface area contributed by atoms with Crippen LogP contribution >= 0.6 is 0 Å². The molecule has 3 unspecified atom stereocenters. The van der Waals surface area contributed by atoms with Crippen molar-refractivity contribution < 1.29 is 4.74 Å². The van der Waals surface area contributed by atoms with E-state index in [4.69, 9.17) is 10.5 Å². The third-order valence-electron chi connectivity index (χ3n) is 4.87. The lowest BCUT2D eigenvalue weighted by Gasteiger charge is -2.42. The molecule has 1 aliphatic heterocycles. The largest absolute Gasteiger partial charge is 0.377 e. The first-order valence-electron chi connectivity index (χ1n) is 8.20. The standard InChI is InChI=1S/C16H32N2O/c1-13(2)9-14-5-3-7-16(10-14,12-17)18-11-15-6-4-8-19-15/h13-15,18H,3-12,17H2,1-2H3. The van der Waals surface area contributed by atoms with Crippen LogP contribution in [-0.2, 0) is 4.74 Å². The van der Waals surface area contributed by atoms with Gasteiger partial charge >= 0.3 is 0 Å². The molecule has 2 rings (SSSR count). The van der Waals surface area contributed by atoms with Crippen molar-refractivity contribution in [2.75, 3.05) is 19.7 Å². The van der Waals surface area contributed by atoms with E-state index >= 15 is 0 Å². The van der Waals surface area contributed by atoms with Crippen LogP contribution in [0.1, 0.15) is 58.8 Å². The van der Waals surface area contributed by atoms with E-state index in [1.165, 1.54) is 44.9 Å². The Balaban J connectivity index is 1.84. The third-order valence-corrected chi connectivity index (χ3v) is 4.87. The normalized spacial score (nSPS) is 36.0. The predicted molar refractivity (Wildman–Crippen MR) is 80.2 cm³/mol. The highest BCUT2D eigenvalue weighted by Crippen LogP contribution is 2.35. The average Bonchev–Trinajstić information content (AvgIpc) is 2.89. The van der Waals surface area contributed by atoms with E-state index in [0.29, 0.717) is 6.10 Å². The van der Waals surface area contributed by atoms with Crippen LogP contribution < -0.4 is 11.1 Å². The van der Waals surface area contributed by atoms with Gasteiger partial charge in [-0.1, -0.05) is 26.7 Å². The fraction of sp³-hybridized carbons (Fsp3) is 1.00. The average molecular weight is 268 g/mol. The number of nitrogens with two attached hydrogens (primary N) is 1. The van der Waals surface area contributed by atoms with E-state index in [1.807, 2.05) is 0 Å². The van der Waals surface area contributed by atoms with Gasteiger partial charge in [-0.05, 0) is 43.9 Å². The summed E-state index contributed by atoms with van der Waals surface area (Å²) in [5, 5.41) is 3.78. The summed E-state index contributed by atoms with van der Waals surface area (Å²) in [6.45, 7) is 7.37. The Kier molecular flexibility index (Phi) is 5.67. The smallest absolute Gasteiger partial charge is 0.0700 e. The molecule has 3 nitrogen and oxygen atoms in total. The Morgan fingerprint density at radius 2 is 2.16 bits per heavy atom. The summed E-state index contributed by atoms with van der Waals surface area (Å²) in [4.78, 5) is 0. The zero-order valence-electron chi connectivity index (χ0n) is 12.8. The van der Waals surface area contributed by atoms with Crippen molar-refractivity contribution in [1.82, 2.24) is 5.32 Å². The zero-order chi connectivity index (χ0) is 13.7. The van der Waals surface area contributed by atoms with Crippen LogP contribution in [0.5, 0.6) is 0 Å². The molecule has 1 aliphatic carbocycles. The summed E-state index contributed by atoms with van der Waals surface area (Å²) in [7, 11) is 0. The lowest BCUT2D eigenvalue weighted by molar-refractivity contribution is 0.0884. The van der Waals surface area contributed by atoms with Gasteiger partial charge in [0.1, 0.15) is 0 Å².